The van der Waals surface area contributed by atoms with Crippen molar-refractivity contribution in [3.8, 4) is 0 Å². The summed E-state index contributed by atoms with van der Waals surface area (Å²) in [6.45, 7) is 1.91. The van der Waals surface area contributed by atoms with Crippen LogP contribution in [0.3, 0.4) is 0 Å². The van der Waals surface area contributed by atoms with Gasteiger partial charge >= 0.3 is 0 Å². The summed E-state index contributed by atoms with van der Waals surface area (Å²) in [5.41, 5.74) is 0. The van der Waals surface area contributed by atoms with Gasteiger partial charge in [0.05, 0.1) is 28.7 Å². The van der Waals surface area contributed by atoms with Crippen molar-refractivity contribution in [3.63, 3.8) is 0 Å². The third-order valence-corrected chi connectivity index (χ3v) is 7.22. The summed E-state index contributed by atoms with van der Waals surface area (Å²) in [7, 11) is -3.12. The van der Waals surface area contributed by atoms with Crippen molar-refractivity contribution in [1.29, 1.82) is 0 Å². The van der Waals surface area contributed by atoms with Gasteiger partial charge in [0.1, 0.15) is 4.32 Å². The lowest BCUT2D eigenvalue weighted by Gasteiger charge is -2.18. The number of thiocarbonyl (C=S) groups is 1. The van der Waals surface area contributed by atoms with Gasteiger partial charge in [-0.05, 0) is 12.8 Å². The van der Waals surface area contributed by atoms with Crippen molar-refractivity contribution in [3.05, 3.63) is 0 Å². The number of hydrogen-bond donors (Lipinski definition) is 1. The van der Waals surface area contributed by atoms with Crippen molar-refractivity contribution in [2.45, 2.75) is 24.3 Å². The Labute approximate surface area is 133 Å². The second-order valence-corrected chi connectivity index (χ2v) is 9.34. The smallest absolute Gasteiger partial charge is 0.230 e. The first kappa shape index (κ1) is 16.3. The first-order valence-electron chi connectivity index (χ1n) is 6.43. The summed E-state index contributed by atoms with van der Waals surface area (Å²) in [5.74, 6) is -0.160. The van der Waals surface area contributed by atoms with Crippen LogP contribution in [0.5, 0.6) is 0 Å². The van der Waals surface area contributed by atoms with Crippen LogP contribution in [-0.4, -0.2) is 65.3 Å². The minimum Gasteiger partial charge on any atom is -0.358 e. The van der Waals surface area contributed by atoms with Gasteiger partial charge in [-0.2, -0.15) is 0 Å². The fourth-order valence-electron chi connectivity index (χ4n) is 2.30. The molecule has 2 aliphatic rings. The number of alkyl halides is 1. The lowest BCUT2D eigenvalue weighted by Crippen LogP contribution is -2.41. The van der Waals surface area contributed by atoms with E-state index in [0.29, 0.717) is 0 Å². The Bertz CT molecular complexity index is 491. The largest absolute Gasteiger partial charge is 0.358 e. The number of sulfone groups is 1. The third kappa shape index (κ3) is 4.47. The van der Waals surface area contributed by atoms with E-state index in [4.69, 9.17) is 23.8 Å². The van der Waals surface area contributed by atoms with E-state index < -0.39 is 21.3 Å². The second kappa shape index (κ2) is 6.81. The zero-order chi connectivity index (χ0) is 14.8. The highest BCUT2D eigenvalue weighted by Gasteiger charge is 2.37. The molecule has 5 nitrogen and oxygen atoms in total. The van der Waals surface area contributed by atoms with E-state index in [-0.39, 0.29) is 23.2 Å². The maximum Gasteiger partial charge on any atom is 0.230 e. The molecule has 0 unspecified atom stereocenters. The molecule has 2 heterocycles. The number of rotatable bonds is 3. The molecular formula is C11H17ClN2O3S3. The summed E-state index contributed by atoms with van der Waals surface area (Å²) in [6, 6.07) is -0.491. The van der Waals surface area contributed by atoms with Crippen molar-refractivity contribution >= 4 is 55.6 Å². The summed E-state index contributed by atoms with van der Waals surface area (Å²) in [4.78, 5) is 13.9. The number of amides is 1. The first-order valence-corrected chi connectivity index (χ1v) is 10.1. The molecule has 2 atom stereocenters. The topological polar surface area (TPSA) is 66.5 Å². The van der Waals surface area contributed by atoms with Crippen molar-refractivity contribution in [2.75, 3.05) is 30.3 Å². The van der Waals surface area contributed by atoms with Crippen molar-refractivity contribution in [2.24, 2.45) is 0 Å². The second-order valence-electron chi connectivity index (χ2n) is 5.02. The quantitative estimate of drug-likeness (QED) is 0.590. The number of halogens is 1. The molecule has 0 aromatic heterocycles. The molecule has 114 valence electrons. The molecule has 2 rings (SSSR count). The van der Waals surface area contributed by atoms with Crippen LogP contribution in [0.15, 0.2) is 0 Å². The van der Waals surface area contributed by atoms with E-state index in [1.54, 1.807) is 0 Å². The minimum absolute atomic E-state index is 0.0706. The van der Waals surface area contributed by atoms with Gasteiger partial charge in [0.25, 0.3) is 0 Å². The van der Waals surface area contributed by atoms with E-state index in [9.17, 15) is 13.2 Å². The first-order chi connectivity index (χ1) is 9.37. The molecule has 20 heavy (non-hydrogen) atoms. The fraction of sp³-hybridized carbons (Fsp3) is 0.818. The van der Waals surface area contributed by atoms with Gasteiger partial charge in [-0.1, -0.05) is 24.0 Å². The standard InChI is InChI=1S/C11H17ClN2O3S3/c12-8-6-20(16,17)7-9(8)13-10(15)5-19-11(18)14-3-1-2-4-14/h8-9H,1-7H2,(H,13,15)/t8-,9+/m0/s1. The SMILES string of the molecule is O=C(CSC(=S)N1CCCC1)N[C@@H]1CS(=O)(=O)C[C@@H]1Cl. The molecule has 0 bridgehead atoms. The Morgan fingerprint density at radius 1 is 1.35 bits per heavy atom. The maximum atomic E-state index is 11.8. The van der Waals surface area contributed by atoms with Gasteiger partial charge in [-0.3, -0.25) is 4.79 Å². The van der Waals surface area contributed by atoms with Crippen LogP contribution in [0.2, 0.25) is 0 Å². The minimum atomic E-state index is -3.12. The maximum absolute atomic E-state index is 11.8. The number of carbonyl (C=O) groups excluding carboxylic acids is 1. The highest BCUT2D eigenvalue weighted by atomic mass is 35.5. The Morgan fingerprint density at radius 2 is 2.00 bits per heavy atom. The predicted octanol–water partition coefficient (Wildman–Crippen LogP) is 0.621. The molecule has 1 N–H and O–H groups in total. The van der Waals surface area contributed by atoms with Gasteiger partial charge in [0, 0.05) is 13.1 Å². The third-order valence-electron chi connectivity index (χ3n) is 3.32. The average Bonchev–Trinajstić information content (AvgIpc) is 2.95. The molecule has 2 fully saturated rings. The summed E-state index contributed by atoms with van der Waals surface area (Å²) >= 11 is 12.5. The number of nitrogens with zero attached hydrogens (tertiary/aromatic N) is 1. The predicted molar refractivity (Wildman–Crippen MR) is 86.1 cm³/mol. The van der Waals surface area contributed by atoms with Crippen molar-refractivity contribution < 1.29 is 13.2 Å². The zero-order valence-electron chi connectivity index (χ0n) is 10.9. The number of thioether (sulfide) groups is 1. The summed E-state index contributed by atoms with van der Waals surface area (Å²) < 4.78 is 23.5. The number of carbonyl (C=O) groups is 1. The molecule has 0 aliphatic carbocycles. The summed E-state index contributed by atoms with van der Waals surface area (Å²) in [5, 5.41) is 2.14. The molecule has 2 aliphatic heterocycles. The van der Waals surface area contributed by atoms with Gasteiger partial charge in [0.2, 0.25) is 5.91 Å². The highest BCUT2D eigenvalue weighted by molar-refractivity contribution is 8.23. The van der Waals surface area contributed by atoms with Crippen LogP contribution in [0.1, 0.15) is 12.8 Å². The Balaban J connectivity index is 1.74. The van der Waals surface area contributed by atoms with Crippen LogP contribution in [0, 0.1) is 0 Å². The number of nitrogens with one attached hydrogen (secondary N) is 1. The summed E-state index contributed by atoms with van der Waals surface area (Å²) in [6.07, 6.45) is 2.28. The zero-order valence-corrected chi connectivity index (χ0v) is 14.1. The van der Waals surface area contributed by atoms with Crippen LogP contribution in [0.4, 0.5) is 0 Å². The molecular weight excluding hydrogens is 340 g/mol. The van der Waals surface area contributed by atoms with E-state index >= 15 is 0 Å². The Hall–Kier alpha value is -0.0500. The van der Waals surface area contributed by atoms with Crippen molar-refractivity contribution in [1.82, 2.24) is 10.2 Å². The molecule has 1 amide bonds. The lowest BCUT2D eigenvalue weighted by atomic mass is 10.2. The number of hydrogen-bond acceptors (Lipinski definition) is 5. The molecule has 0 radical (unpaired) electrons. The van der Waals surface area contributed by atoms with Gasteiger partial charge < -0.3 is 10.2 Å². The van der Waals surface area contributed by atoms with Gasteiger partial charge in [-0.15, -0.1) is 11.6 Å². The molecule has 0 spiro atoms. The lowest BCUT2D eigenvalue weighted by molar-refractivity contribution is -0.119. The van der Waals surface area contributed by atoms with Crippen LogP contribution >= 0.6 is 35.6 Å². The molecule has 0 aromatic rings. The molecule has 9 heteroatoms. The molecule has 2 saturated heterocycles. The van der Waals surface area contributed by atoms with E-state index in [2.05, 4.69) is 10.2 Å². The van der Waals surface area contributed by atoms with E-state index in [1.807, 2.05) is 0 Å². The average molecular weight is 357 g/mol. The van der Waals surface area contributed by atoms with E-state index in [1.165, 1.54) is 11.8 Å². The van der Waals surface area contributed by atoms with Gasteiger partial charge in [0.15, 0.2) is 9.84 Å². The normalized spacial score (nSPS) is 28.6. The molecule has 0 saturated carbocycles. The van der Waals surface area contributed by atoms with Crippen LogP contribution in [-0.2, 0) is 14.6 Å². The Kier molecular flexibility index (Phi) is 5.56. The van der Waals surface area contributed by atoms with Crippen LogP contribution in [0.25, 0.3) is 0 Å². The van der Waals surface area contributed by atoms with Gasteiger partial charge in [-0.25, -0.2) is 8.42 Å². The van der Waals surface area contributed by atoms with E-state index in [0.717, 1.165) is 30.3 Å². The fourth-order valence-corrected chi connectivity index (χ4v) is 5.92. The number of likely N-dealkylation sites (tertiary alicyclic amines) is 1. The Morgan fingerprint density at radius 3 is 2.55 bits per heavy atom. The monoisotopic (exact) mass is 356 g/mol. The van der Waals surface area contributed by atoms with Crippen LogP contribution < -0.4 is 5.32 Å². The molecule has 0 aromatic carbocycles. The highest BCUT2D eigenvalue weighted by Crippen LogP contribution is 2.19.